The Morgan fingerprint density at radius 3 is 2.63 bits per heavy atom. The maximum absolute atomic E-state index is 12.6. The SMILES string of the molecule is CCCN(CCC)CCCNC(=O)C1CCN(c2nc3ccc(OC)cc3s2)CC1. The van der Waals surface area contributed by atoms with Gasteiger partial charge >= 0.3 is 0 Å². The van der Waals surface area contributed by atoms with E-state index >= 15 is 0 Å². The zero-order chi connectivity index (χ0) is 21.3. The topological polar surface area (TPSA) is 57.7 Å². The number of rotatable bonds is 11. The van der Waals surface area contributed by atoms with Crippen LogP contribution >= 0.6 is 11.3 Å². The van der Waals surface area contributed by atoms with Crippen molar-refractivity contribution in [3.05, 3.63) is 18.2 Å². The molecule has 0 radical (unpaired) electrons. The zero-order valence-corrected chi connectivity index (χ0v) is 19.5. The average molecular weight is 433 g/mol. The number of anilines is 1. The van der Waals surface area contributed by atoms with E-state index in [1.165, 1.54) is 12.8 Å². The number of fused-ring (bicyclic) bond motifs is 1. The van der Waals surface area contributed by atoms with Gasteiger partial charge in [0, 0.05) is 25.6 Å². The van der Waals surface area contributed by atoms with Gasteiger partial charge in [-0.25, -0.2) is 4.98 Å². The minimum absolute atomic E-state index is 0.123. The van der Waals surface area contributed by atoms with E-state index in [-0.39, 0.29) is 11.8 Å². The summed E-state index contributed by atoms with van der Waals surface area (Å²) in [6.45, 7) is 10.4. The van der Waals surface area contributed by atoms with E-state index in [0.717, 1.165) is 79.6 Å². The highest BCUT2D eigenvalue weighted by Gasteiger charge is 2.26. The molecule has 1 aliphatic rings. The van der Waals surface area contributed by atoms with Gasteiger partial charge in [-0.1, -0.05) is 25.2 Å². The van der Waals surface area contributed by atoms with Gasteiger partial charge in [0.05, 0.1) is 17.3 Å². The van der Waals surface area contributed by atoms with Crippen LogP contribution in [-0.4, -0.2) is 62.2 Å². The highest BCUT2D eigenvalue weighted by atomic mass is 32.1. The second-order valence-corrected chi connectivity index (χ2v) is 9.09. The van der Waals surface area contributed by atoms with E-state index in [0.29, 0.717) is 0 Å². The largest absolute Gasteiger partial charge is 0.497 e. The quantitative estimate of drug-likeness (QED) is 0.541. The first kappa shape index (κ1) is 22.8. The van der Waals surface area contributed by atoms with E-state index < -0.39 is 0 Å². The molecule has 166 valence electrons. The van der Waals surface area contributed by atoms with Crippen LogP contribution in [0.5, 0.6) is 5.75 Å². The molecule has 1 aliphatic heterocycles. The van der Waals surface area contributed by atoms with Crippen LogP contribution in [0.3, 0.4) is 0 Å². The van der Waals surface area contributed by atoms with Crippen molar-refractivity contribution in [2.45, 2.75) is 46.0 Å². The molecule has 0 atom stereocenters. The summed E-state index contributed by atoms with van der Waals surface area (Å²) in [6.07, 6.45) is 5.19. The summed E-state index contributed by atoms with van der Waals surface area (Å²) >= 11 is 1.70. The molecule has 0 saturated carbocycles. The van der Waals surface area contributed by atoms with Gasteiger partial charge in [0.25, 0.3) is 0 Å². The normalized spacial score (nSPS) is 15.1. The van der Waals surface area contributed by atoms with Gasteiger partial charge in [0.2, 0.25) is 5.91 Å². The van der Waals surface area contributed by atoms with Crippen molar-refractivity contribution in [2.75, 3.05) is 51.3 Å². The molecule has 0 spiro atoms. The Hall–Kier alpha value is -1.86. The number of aromatic nitrogens is 1. The average Bonchev–Trinajstić information content (AvgIpc) is 3.20. The fourth-order valence-corrected chi connectivity index (χ4v) is 5.16. The predicted molar refractivity (Wildman–Crippen MR) is 126 cm³/mol. The van der Waals surface area contributed by atoms with Crippen molar-refractivity contribution in [2.24, 2.45) is 5.92 Å². The van der Waals surface area contributed by atoms with Crippen molar-refractivity contribution >= 4 is 32.6 Å². The van der Waals surface area contributed by atoms with Crippen LogP contribution in [0, 0.1) is 5.92 Å². The minimum Gasteiger partial charge on any atom is -0.497 e. The lowest BCUT2D eigenvalue weighted by atomic mass is 9.96. The Morgan fingerprint density at radius 2 is 1.97 bits per heavy atom. The van der Waals surface area contributed by atoms with E-state index in [9.17, 15) is 4.79 Å². The number of piperidine rings is 1. The number of thiazole rings is 1. The van der Waals surface area contributed by atoms with Gasteiger partial charge in [-0.05, 0) is 69.9 Å². The molecule has 3 rings (SSSR count). The van der Waals surface area contributed by atoms with Gasteiger partial charge in [-0.3, -0.25) is 4.79 Å². The maximum atomic E-state index is 12.6. The van der Waals surface area contributed by atoms with Gasteiger partial charge in [0.15, 0.2) is 5.13 Å². The third-order valence-corrected chi connectivity index (χ3v) is 6.83. The molecule has 30 heavy (non-hydrogen) atoms. The number of benzene rings is 1. The van der Waals surface area contributed by atoms with E-state index in [4.69, 9.17) is 9.72 Å². The highest BCUT2D eigenvalue weighted by Crippen LogP contribution is 2.33. The highest BCUT2D eigenvalue weighted by molar-refractivity contribution is 7.22. The summed E-state index contributed by atoms with van der Waals surface area (Å²) in [7, 11) is 1.69. The Morgan fingerprint density at radius 1 is 1.23 bits per heavy atom. The lowest BCUT2D eigenvalue weighted by Crippen LogP contribution is -2.41. The van der Waals surface area contributed by atoms with Crippen molar-refractivity contribution in [3.8, 4) is 5.75 Å². The summed E-state index contributed by atoms with van der Waals surface area (Å²) in [6, 6.07) is 6.00. The fourth-order valence-electron chi connectivity index (χ4n) is 4.11. The summed E-state index contributed by atoms with van der Waals surface area (Å²) in [4.78, 5) is 22.2. The van der Waals surface area contributed by atoms with Crippen molar-refractivity contribution < 1.29 is 9.53 Å². The van der Waals surface area contributed by atoms with E-state index in [1.807, 2.05) is 18.2 Å². The van der Waals surface area contributed by atoms with Gasteiger partial charge in [0.1, 0.15) is 5.75 Å². The molecule has 0 bridgehead atoms. The number of nitrogens with zero attached hydrogens (tertiary/aromatic N) is 3. The van der Waals surface area contributed by atoms with Gasteiger partial charge in [-0.2, -0.15) is 0 Å². The number of nitrogens with one attached hydrogen (secondary N) is 1. The molecule has 1 amide bonds. The molecule has 7 heteroatoms. The minimum atomic E-state index is 0.123. The molecule has 2 heterocycles. The smallest absolute Gasteiger partial charge is 0.223 e. The Balaban J connectivity index is 1.42. The third kappa shape index (κ3) is 6.08. The Kier molecular flexibility index (Phi) is 8.75. The van der Waals surface area contributed by atoms with Crippen LogP contribution in [0.1, 0.15) is 46.0 Å². The van der Waals surface area contributed by atoms with E-state index in [2.05, 4.69) is 29.0 Å². The number of carbonyl (C=O) groups is 1. The zero-order valence-electron chi connectivity index (χ0n) is 18.7. The van der Waals surface area contributed by atoms with Crippen LogP contribution < -0.4 is 15.0 Å². The van der Waals surface area contributed by atoms with Crippen molar-refractivity contribution in [3.63, 3.8) is 0 Å². The fraction of sp³-hybridized carbons (Fsp3) is 0.652. The van der Waals surface area contributed by atoms with Crippen LogP contribution in [0.4, 0.5) is 5.13 Å². The Bertz CT molecular complexity index is 796. The lowest BCUT2D eigenvalue weighted by Gasteiger charge is -2.31. The molecule has 1 aromatic carbocycles. The van der Waals surface area contributed by atoms with Crippen LogP contribution in [0.25, 0.3) is 10.2 Å². The number of amides is 1. The molecule has 1 aromatic heterocycles. The first-order chi connectivity index (χ1) is 14.6. The summed E-state index contributed by atoms with van der Waals surface area (Å²) in [5.41, 5.74) is 1.01. The first-order valence-electron chi connectivity index (χ1n) is 11.3. The molecule has 2 aromatic rings. The molecule has 1 fully saturated rings. The summed E-state index contributed by atoms with van der Waals surface area (Å²) in [5, 5.41) is 4.22. The van der Waals surface area contributed by atoms with Crippen molar-refractivity contribution in [1.82, 2.24) is 15.2 Å². The van der Waals surface area contributed by atoms with Crippen LogP contribution in [-0.2, 0) is 4.79 Å². The monoisotopic (exact) mass is 432 g/mol. The molecule has 6 nitrogen and oxygen atoms in total. The molecule has 0 aliphatic carbocycles. The lowest BCUT2D eigenvalue weighted by molar-refractivity contribution is -0.125. The third-order valence-electron chi connectivity index (χ3n) is 5.75. The number of hydrogen-bond acceptors (Lipinski definition) is 6. The van der Waals surface area contributed by atoms with Crippen molar-refractivity contribution in [1.29, 1.82) is 0 Å². The molecule has 1 saturated heterocycles. The van der Waals surface area contributed by atoms with Gasteiger partial charge < -0.3 is 19.9 Å². The van der Waals surface area contributed by atoms with Gasteiger partial charge in [-0.15, -0.1) is 0 Å². The van der Waals surface area contributed by atoms with Crippen LogP contribution in [0.15, 0.2) is 18.2 Å². The first-order valence-corrected chi connectivity index (χ1v) is 12.2. The summed E-state index contributed by atoms with van der Waals surface area (Å²) in [5.74, 6) is 1.21. The second-order valence-electron chi connectivity index (χ2n) is 8.08. The molecular formula is C23H36N4O2S. The molecule has 0 unspecified atom stereocenters. The number of hydrogen-bond donors (Lipinski definition) is 1. The molecule has 1 N–H and O–H groups in total. The maximum Gasteiger partial charge on any atom is 0.223 e. The standard InChI is InChI=1S/C23H36N4O2S/c1-4-12-26(13-5-2)14-6-11-24-22(28)18-9-15-27(16-10-18)23-25-20-8-7-19(29-3)17-21(20)30-23/h7-8,17-18H,4-6,9-16H2,1-3H3,(H,24,28). The number of methoxy groups -OCH3 is 1. The number of carbonyl (C=O) groups excluding carboxylic acids is 1. The number of ether oxygens (including phenoxy) is 1. The summed E-state index contributed by atoms with van der Waals surface area (Å²) < 4.78 is 6.46. The Labute approximate surface area is 184 Å². The van der Waals surface area contributed by atoms with E-state index in [1.54, 1.807) is 18.4 Å². The van der Waals surface area contributed by atoms with Crippen LogP contribution in [0.2, 0.25) is 0 Å². The second kappa shape index (κ2) is 11.5. The predicted octanol–water partition coefficient (Wildman–Crippen LogP) is 4.15. The molecular weight excluding hydrogens is 396 g/mol.